The number of tetrazole rings is 1. The van der Waals surface area contributed by atoms with E-state index >= 15 is 0 Å². The lowest BCUT2D eigenvalue weighted by molar-refractivity contribution is -0.126. The summed E-state index contributed by atoms with van der Waals surface area (Å²) in [6.45, 7) is 2.23. The number of likely N-dealkylation sites (N-methyl/N-ethyl adjacent to an activating group) is 1. The van der Waals surface area contributed by atoms with E-state index in [1.54, 1.807) is 23.7 Å². The van der Waals surface area contributed by atoms with Gasteiger partial charge < -0.3 is 10.2 Å². The molecule has 1 aromatic heterocycles. The highest BCUT2D eigenvalue weighted by molar-refractivity contribution is 5.80. The zero-order valence-corrected chi connectivity index (χ0v) is 11.2. The van der Waals surface area contributed by atoms with Crippen LogP contribution in [0.4, 0.5) is 5.69 Å². The van der Waals surface area contributed by atoms with E-state index in [1.807, 2.05) is 25.1 Å². The molecule has 0 fully saturated rings. The third-order valence-corrected chi connectivity index (χ3v) is 2.75. The van der Waals surface area contributed by atoms with E-state index in [2.05, 4.69) is 20.8 Å². The van der Waals surface area contributed by atoms with Gasteiger partial charge in [-0.05, 0) is 35.0 Å². The summed E-state index contributed by atoms with van der Waals surface area (Å²) in [5, 5.41) is 14.2. The normalized spacial score (nSPS) is 10.3. The van der Waals surface area contributed by atoms with Gasteiger partial charge in [-0.3, -0.25) is 4.79 Å². The van der Waals surface area contributed by atoms with Crippen molar-refractivity contribution >= 4 is 11.6 Å². The van der Waals surface area contributed by atoms with E-state index in [-0.39, 0.29) is 12.5 Å². The zero-order valence-electron chi connectivity index (χ0n) is 11.2. The van der Waals surface area contributed by atoms with E-state index < -0.39 is 0 Å². The van der Waals surface area contributed by atoms with Gasteiger partial charge in [0.05, 0.1) is 12.2 Å². The van der Waals surface area contributed by atoms with Crippen LogP contribution in [0.3, 0.4) is 0 Å². The maximum Gasteiger partial charge on any atom is 0.241 e. The number of anilines is 1. The van der Waals surface area contributed by atoms with Crippen molar-refractivity contribution in [2.45, 2.75) is 6.92 Å². The molecule has 1 aromatic carbocycles. The highest BCUT2D eigenvalue weighted by atomic mass is 16.2. The second-order valence-corrected chi connectivity index (χ2v) is 4.40. The summed E-state index contributed by atoms with van der Waals surface area (Å²) in [6.07, 6.45) is 1.54. The Labute approximate surface area is 111 Å². The Morgan fingerprint density at radius 2 is 2.21 bits per heavy atom. The van der Waals surface area contributed by atoms with Gasteiger partial charge in [0.15, 0.2) is 0 Å². The Hall–Kier alpha value is -2.44. The third kappa shape index (κ3) is 3.06. The zero-order chi connectivity index (χ0) is 13.8. The van der Waals surface area contributed by atoms with Gasteiger partial charge in [0.1, 0.15) is 6.33 Å². The Bertz CT molecular complexity index is 564. The number of hydrogen-bond acceptors (Lipinski definition) is 5. The van der Waals surface area contributed by atoms with Gasteiger partial charge in [-0.25, -0.2) is 4.68 Å². The van der Waals surface area contributed by atoms with E-state index in [9.17, 15) is 4.79 Å². The van der Waals surface area contributed by atoms with Gasteiger partial charge in [0, 0.05) is 19.8 Å². The molecule has 1 N–H and O–H groups in total. The average molecular weight is 260 g/mol. The number of nitrogens with one attached hydrogen (secondary N) is 1. The molecule has 1 heterocycles. The Morgan fingerprint density at radius 1 is 1.42 bits per heavy atom. The van der Waals surface area contributed by atoms with Gasteiger partial charge in [0.2, 0.25) is 5.91 Å². The summed E-state index contributed by atoms with van der Waals surface area (Å²) < 4.78 is 1.59. The first-order valence-corrected chi connectivity index (χ1v) is 5.86. The quantitative estimate of drug-likeness (QED) is 0.865. The van der Waals surface area contributed by atoms with Crippen molar-refractivity contribution < 1.29 is 4.79 Å². The molecule has 0 atom stereocenters. The maximum absolute atomic E-state index is 11.5. The van der Waals surface area contributed by atoms with E-state index in [0.717, 1.165) is 16.9 Å². The van der Waals surface area contributed by atoms with Crippen LogP contribution in [0.15, 0.2) is 24.5 Å². The highest BCUT2D eigenvalue weighted by Crippen LogP contribution is 2.17. The largest absolute Gasteiger partial charge is 0.376 e. The molecule has 0 aliphatic rings. The Kier molecular flexibility index (Phi) is 3.74. The minimum Gasteiger partial charge on any atom is -0.376 e. The summed E-state index contributed by atoms with van der Waals surface area (Å²) in [6, 6.07) is 5.79. The number of aromatic nitrogens is 4. The van der Waals surface area contributed by atoms with Gasteiger partial charge in [0.25, 0.3) is 0 Å². The fourth-order valence-corrected chi connectivity index (χ4v) is 1.57. The molecule has 0 radical (unpaired) electrons. The minimum atomic E-state index is 0.0181. The smallest absolute Gasteiger partial charge is 0.241 e. The Morgan fingerprint density at radius 3 is 2.84 bits per heavy atom. The van der Waals surface area contributed by atoms with Gasteiger partial charge in [-0.2, -0.15) is 0 Å². The van der Waals surface area contributed by atoms with Crippen LogP contribution in [0.1, 0.15) is 5.56 Å². The van der Waals surface area contributed by atoms with E-state index in [4.69, 9.17) is 0 Å². The number of hydrogen-bond donors (Lipinski definition) is 1. The number of rotatable bonds is 4. The molecule has 0 aliphatic carbocycles. The summed E-state index contributed by atoms with van der Waals surface area (Å²) in [5.41, 5.74) is 2.79. The summed E-state index contributed by atoms with van der Waals surface area (Å²) in [7, 11) is 3.46. The van der Waals surface area contributed by atoms with Crippen molar-refractivity contribution in [3.05, 3.63) is 30.1 Å². The number of benzene rings is 1. The molecular formula is C12H16N6O. The van der Waals surface area contributed by atoms with Crippen molar-refractivity contribution in [3.63, 3.8) is 0 Å². The predicted molar refractivity (Wildman–Crippen MR) is 71.1 cm³/mol. The molecular weight excluding hydrogens is 244 g/mol. The molecule has 0 aliphatic heterocycles. The molecule has 2 rings (SSSR count). The molecule has 2 aromatic rings. The summed E-state index contributed by atoms with van der Waals surface area (Å²) in [4.78, 5) is 13.1. The summed E-state index contributed by atoms with van der Waals surface area (Å²) in [5.74, 6) is 0.0181. The van der Waals surface area contributed by atoms with Crippen molar-refractivity contribution in [2.24, 2.45) is 0 Å². The number of aryl methyl sites for hydroxylation is 1. The fourth-order valence-electron chi connectivity index (χ4n) is 1.57. The average Bonchev–Trinajstić information content (AvgIpc) is 2.91. The molecule has 0 spiro atoms. The van der Waals surface area contributed by atoms with Gasteiger partial charge in [-0.1, -0.05) is 6.07 Å². The third-order valence-electron chi connectivity index (χ3n) is 2.75. The van der Waals surface area contributed by atoms with Crippen molar-refractivity contribution in [2.75, 3.05) is 26.0 Å². The topological polar surface area (TPSA) is 75.9 Å². The van der Waals surface area contributed by atoms with Crippen LogP contribution >= 0.6 is 0 Å². The molecule has 7 nitrogen and oxygen atoms in total. The lowest BCUT2D eigenvalue weighted by Gasteiger charge is -2.13. The van der Waals surface area contributed by atoms with E-state index in [1.165, 1.54) is 6.33 Å². The monoisotopic (exact) mass is 260 g/mol. The molecule has 1 amide bonds. The van der Waals surface area contributed by atoms with Gasteiger partial charge >= 0.3 is 0 Å². The number of carbonyl (C=O) groups excluding carboxylic acids is 1. The Balaban J connectivity index is 2.15. The van der Waals surface area contributed by atoms with E-state index in [0.29, 0.717) is 0 Å². The van der Waals surface area contributed by atoms with Crippen LogP contribution in [-0.4, -0.2) is 51.7 Å². The van der Waals surface area contributed by atoms with Crippen LogP contribution in [-0.2, 0) is 4.79 Å². The van der Waals surface area contributed by atoms with Crippen LogP contribution in [0, 0.1) is 6.92 Å². The molecule has 0 saturated heterocycles. The second-order valence-electron chi connectivity index (χ2n) is 4.40. The second kappa shape index (κ2) is 5.47. The number of carbonyl (C=O) groups is 1. The number of amides is 1. The first kappa shape index (κ1) is 13.0. The molecule has 7 heteroatoms. The van der Waals surface area contributed by atoms with Gasteiger partial charge in [-0.15, -0.1) is 5.10 Å². The lowest BCUT2D eigenvalue weighted by Crippen LogP contribution is -2.28. The molecule has 19 heavy (non-hydrogen) atoms. The minimum absolute atomic E-state index is 0.0181. The SMILES string of the molecule is Cc1ccc(NCC(=O)N(C)C)cc1-n1cnnn1. The maximum atomic E-state index is 11.5. The van der Waals surface area contributed by atoms with Crippen molar-refractivity contribution in [1.82, 2.24) is 25.1 Å². The van der Waals surface area contributed by atoms with Crippen LogP contribution in [0.2, 0.25) is 0 Å². The van der Waals surface area contributed by atoms with Crippen LogP contribution < -0.4 is 5.32 Å². The van der Waals surface area contributed by atoms with Crippen molar-refractivity contribution in [3.8, 4) is 5.69 Å². The first-order chi connectivity index (χ1) is 9.08. The first-order valence-electron chi connectivity index (χ1n) is 5.86. The molecule has 100 valence electrons. The predicted octanol–water partition coefficient (Wildman–Crippen LogP) is 0.471. The number of nitrogens with zero attached hydrogens (tertiary/aromatic N) is 5. The fraction of sp³-hybridized carbons (Fsp3) is 0.333. The molecule has 0 unspecified atom stereocenters. The molecule has 0 bridgehead atoms. The summed E-state index contributed by atoms with van der Waals surface area (Å²) >= 11 is 0. The van der Waals surface area contributed by atoms with Crippen LogP contribution in [0.25, 0.3) is 5.69 Å². The lowest BCUT2D eigenvalue weighted by atomic mass is 10.2. The van der Waals surface area contributed by atoms with Crippen LogP contribution in [0.5, 0.6) is 0 Å². The highest BCUT2D eigenvalue weighted by Gasteiger charge is 2.06. The molecule has 0 saturated carbocycles. The standard InChI is InChI=1S/C12H16N6O/c1-9-4-5-10(13-7-12(19)17(2)3)6-11(9)18-8-14-15-16-18/h4-6,8,13H,7H2,1-3H3. The van der Waals surface area contributed by atoms with Crippen molar-refractivity contribution in [1.29, 1.82) is 0 Å².